The molecule has 2 heterocycles. The van der Waals surface area contributed by atoms with E-state index in [2.05, 4.69) is 10.6 Å². The van der Waals surface area contributed by atoms with Crippen molar-refractivity contribution < 1.29 is 9.53 Å². The van der Waals surface area contributed by atoms with Gasteiger partial charge >= 0.3 is 6.09 Å². The fraction of sp³-hybridized carbons (Fsp3) is 0.923. The minimum absolute atomic E-state index is 0.275. The lowest BCUT2D eigenvalue weighted by Gasteiger charge is -2.40. The van der Waals surface area contributed by atoms with Crippen LogP contribution in [-0.4, -0.2) is 29.8 Å². The molecule has 3 atom stereocenters. The first kappa shape index (κ1) is 12.7. The molecule has 2 fully saturated rings. The first-order valence-corrected chi connectivity index (χ1v) is 6.68. The average molecular weight is 240 g/mol. The summed E-state index contributed by atoms with van der Waals surface area (Å²) in [5, 5.41) is 6.61. The second-order valence-corrected chi connectivity index (χ2v) is 6.31. The van der Waals surface area contributed by atoms with E-state index in [4.69, 9.17) is 4.74 Å². The van der Waals surface area contributed by atoms with E-state index in [9.17, 15) is 4.79 Å². The summed E-state index contributed by atoms with van der Waals surface area (Å²) in [5.41, 5.74) is -0.410. The van der Waals surface area contributed by atoms with Gasteiger partial charge in [0.05, 0.1) is 0 Å². The summed E-state index contributed by atoms with van der Waals surface area (Å²) in [6.45, 7) is 5.68. The summed E-state index contributed by atoms with van der Waals surface area (Å²) in [7, 11) is 0. The van der Waals surface area contributed by atoms with Crippen LogP contribution < -0.4 is 10.6 Å². The molecular formula is C13H24N2O2. The number of rotatable bonds is 1. The maximum Gasteiger partial charge on any atom is 0.407 e. The van der Waals surface area contributed by atoms with Gasteiger partial charge < -0.3 is 15.4 Å². The summed E-state index contributed by atoms with van der Waals surface area (Å²) in [5.74, 6) is 0. The summed E-state index contributed by atoms with van der Waals surface area (Å²) in [4.78, 5) is 11.7. The monoisotopic (exact) mass is 240 g/mol. The topological polar surface area (TPSA) is 50.4 Å². The molecule has 98 valence electrons. The normalized spacial score (nSPS) is 33.0. The molecule has 4 nitrogen and oxygen atoms in total. The van der Waals surface area contributed by atoms with Crippen LogP contribution in [0.15, 0.2) is 0 Å². The molecule has 0 aromatic heterocycles. The van der Waals surface area contributed by atoms with Crippen LogP contribution in [0, 0.1) is 0 Å². The van der Waals surface area contributed by atoms with E-state index in [-0.39, 0.29) is 12.1 Å². The van der Waals surface area contributed by atoms with Crippen molar-refractivity contribution in [3.8, 4) is 0 Å². The van der Waals surface area contributed by atoms with Gasteiger partial charge in [0.25, 0.3) is 0 Å². The van der Waals surface area contributed by atoms with Crippen LogP contribution in [0.3, 0.4) is 0 Å². The average Bonchev–Trinajstić information content (AvgIpc) is 2.13. The summed E-state index contributed by atoms with van der Waals surface area (Å²) < 4.78 is 5.29. The molecule has 0 radical (unpaired) electrons. The zero-order valence-electron chi connectivity index (χ0n) is 11.1. The van der Waals surface area contributed by atoms with Gasteiger partial charge in [0.15, 0.2) is 0 Å². The number of piperidine rings is 2. The first-order valence-electron chi connectivity index (χ1n) is 6.68. The second-order valence-electron chi connectivity index (χ2n) is 6.31. The van der Waals surface area contributed by atoms with Crippen molar-refractivity contribution in [1.29, 1.82) is 0 Å². The predicted molar refractivity (Wildman–Crippen MR) is 67.0 cm³/mol. The SMILES string of the molecule is CC(C)(C)OC(=O)N[C@@H]1C[C@H]2CCC[C@@H](C1)N2. The Balaban J connectivity index is 1.81. The van der Waals surface area contributed by atoms with E-state index < -0.39 is 5.60 Å². The highest BCUT2D eigenvalue weighted by molar-refractivity contribution is 5.68. The number of carbonyl (C=O) groups is 1. The fourth-order valence-electron chi connectivity index (χ4n) is 2.86. The molecule has 2 aliphatic rings. The molecule has 17 heavy (non-hydrogen) atoms. The Morgan fingerprint density at radius 1 is 1.24 bits per heavy atom. The van der Waals surface area contributed by atoms with Gasteiger partial charge in [-0.3, -0.25) is 0 Å². The third-order valence-electron chi connectivity index (χ3n) is 3.44. The van der Waals surface area contributed by atoms with Crippen LogP contribution in [-0.2, 0) is 4.74 Å². The molecular weight excluding hydrogens is 216 g/mol. The molecule has 0 aromatic rings. The summed E-state index contributed by atoms with van der Waals surface area (Å²) in [6.07, 6.45) is 5.60. The van der Waals surface area contributed by atoms with E-state index in [1.165, 1.54) is 19.3 Å². The van der Waals surface area contributed by atoms with Crippen molar-refractivity contribution >= 4 is 6.09 Å². The highest BCUT2D eigenvalue weighted by atomic mass is 16.6. The van der Waals surface area contributed by atoms with Crippen molar-refractivity contribution in [2.75, 3.05) is 0 Å². The van der Waals surface area contributed by atoms with Gasteiger partial charge in [0.1, 0.15) is 5.60 Å². The van der Waals surface area contributed by atoms with Crippen molar-refractivity contribution in [3.05, 3.63) is 0 Å². The van der Waals surface area contributed by atoms with Crippen LogP contribution in [0.25, 0.3) is 0 Å². The van der Waals surface area contributed by atoms with E-state index in [0.29, 0.717) is 12.1 Å². The zero-order valence-corrected chi connectivity index (χ0v) is 11.1. The Morgan fingerprint density at radius 3 is 2.35 bits per heavy atom. The third kappa shape index (κ3) is 3.87. The number of nitrogens with one attached hydrogen (secondary N) is 2. The second kappa shape index (κ2) is 4.84. The molecule has 0 aromatic carbocycles. The van der Waals surface area contributed by atoms with Crippen molar-refractivity contribution in [1.82, 2.24) is 10.6 Å². The van der Waals surface area contributed by atoms with E-state index in [1.54, 1.807) is 0 Å². The quantitative estimate of drug-likeness (QED) is 0.738. The fourth-order valence-corrected chi connectivity index (χ4v) is 2.86. The molecule has 0 saturated carbocycles. The van der Waals surface area contributed by atoms with Gasteiger partial charge in [-0.1, -0.05) is 6.42 Å². The molecule has 4 heteroatoms. The molecule has 1 amide bonds. The largest absolute Gasteiger partial charge is 0.444 e. The van der Waals surface area contributed by atoms with E-state index in [1.807, 2.05) is 20.8 Å². The minimum atomic E-state index is -0.410. The van der Waals surface area contributed by atoms with Gasteiger partial charge in [-0.15, -0.1) is 0 Å². The van der Waals surface area contributed by atoms with Crippen LogP contribution >= 0.6 is 0 Å². The Labute approximate surface area is 103 Å². The van der Waals surface area contributed by atoms with E-state index in [0.717, 1.165) is 12.8 Å². The number of hydrogen-bond donors (Lipinski definition) is 2. The van der Waals surface area contributed by atoms with Gasteiger partial charge in [-0.05, 0) is 46.5 Å². The van der Waals surface area contributed by atoms with Crippen molar-refractivity contribution in [3.63, 3.8) is 0 Å². The number of carbonyl (C=O) groups excluding carboxylic acids is 1. The lowest BCUT2D eigenvalue weighted by molar-refractivity contribution is 0.0474. The van der Waals surface area contributed by atoms with Crippen LogP contribution in [0.2, 0.25) is 0 Å². The highest BCUT2D eigenvalue weighted by Gasteiger charge is 2.32. The van der Waals surface area contributed by atoms with Crippen molar-refractivity contribution in [2.24, 2.45) is 0 Å². The Kier molecular flexibility index (Phi) is 3.61. The standard InChI is InChI=1S/C13H24N2O2/c1-13(2,3)17-12(16)15-11-7-9-5-4-6-10(8-11)14-9/h9-11,14H,4-8H2,1-3H3,(H,15,16)/t9-,10+,11-. The minimum Gasteiger partial charge on any atom is -0.444 e. The highest BCUT2D eigenvalue weighted by Crippen LogP contribution is 2.25. The number of hydrogen-bond acceptors (Lipinski definition) is 3. The van der Waals surface area contributed by atoms with Crippen LogP contribution in [0.4, 0.5) is 4.79 Å². The van der Waals surface area contributed by atoms with E-state index >= 15 is 0 Å². The number of fused-ring (bicyclic) bond motifs is 2. The van der Waals surface area contributed by atoms with Crippen LogP contribution in [0.1, 0.15) is 52.9 Å². The molecule has 0 aliphatic carbocycles. The number of ether oxygens (including phenoxy) is 1. The van der Waals surface area contributed by atoms with Gasteiger partial charge in [0, 0.05) is 18.1 Å². The lowest BCUT2D eigenvalue weighted by atomic mass is 9.84. The van der Waals surface area contributed by atoms with Crippen LogP contribution in [0.5, 0.6) is 0 Å². The summed E-state index contributed by atoms with van der Waals surface area (Å²) in [6, 6.07) is 1.45. The van der Waals surface area contributed by atoms with Gasteiger partial charge in [-0.2, -0.15) is 0 Å². The Hall–Kier alpha value is -0.770. The molecule has 2 rings (SSSR count). The molecule has 2 aliphatic heterocycles. The lowest BCUT2D eigenvalue weighted by Crippen LogP contribution is -2.55. The van der Waals surface area contributed by atoms with Gasteiger partial charge in [0.2, 0.25) is 0 Å². The third-order valence-corrected chi connectivity index (χ3v) is 3.44. The Morgan fingerprint density at radius 2 is 1.82 bits per heavy atom. The number of amides is 1. The Bertz CT molecular complexity index is 274. The maximum atomic E-state index is 11.7. The number of alkyl carbamates (subject to hydrolysis) is 1. The molecule has 0 unspecified atom stereocenters. The maximum absolute atomic E-state index is 11.7. The zero-order chi connectivity index (χ0) is 12.5. The molecule has 2 saturated heterocycles. The summed E-state index contributed by atoms with van der Waals surface area (Å²) >= 11 is 0. The molecule has 2 bridgehead atoms. The smallest absolute Gasteiger partial charge is 0.407 e. The van der Waals surface area contributed by atoms with Gasteiger partial charge in [-0.25, -0.2) is 4.79 Å². The van der Waals surface area contributed by atoms with Crippen molar-refractivity contribution in [2.45, 2.75) is 76.6 Å². The molecule has 0 spiro atoms. The molecule has 2 N–H and O–H groups in total. The predicted octanol–water partition coefficient (Wildman–Crippen LogP) is 2.18. The first-order chi connectivity index (χ1) is 7.92.